The number of rotatable bonds is 3. The molecule has 1 fully saturated rings. The molecule has 0 radical (unpaired) electrons. The lowest BCUT2D eigenvalue weighted by molar-refractivity contribution is -0.447. The lowest BCUT2D eigenvalue weighted by Gasteiger charge is -2.43. The number of imide groups is 1. The molecule has 0 saturated carbocycles. The van der Waals surface area contributed by atoms with Crippen molar-refractivity contribution < 1.29 is 32.2 Å². The number of amides is 4. The van der Waals surface area contributed by atoms with Crippen LogP contribution in [-0.2, 0) is 0 Å². The first-order chi connectivity index (χ1) is 7.77. The Kier molecular flexibility index (Phi) is 4.62. The molecule has 0 spiro atoms. The molecule has 1 aliphatic rings. The van der Waals surface area contributed by atoms with Gasteiger partial charge in [-0.1, -0.05) is 0 Å². The van der Waals surface area contributed by atoms with Crippen LogP contribution in [-0.4, -0.2) is 49.6 Å². The summed E-state index contributed by atoms with van der Waals surface area (Å²) in [4.78, 5) is 29.2. The maximum absolute atomic E-state index is 12.2. The van der Waals surface area contributed by atoms with Gasteiger partial charge in [0.1, 0.15) is 6.67 Å². The van der Waals surface area contributed by atoms with Crippen LogP contribution in [0.4, 0.5) is 9.59 Å². The van der Waals surface area contributed by atoms with Crippen molar-refractivity contribution in [2.24, 2.45) is 0 Å². The average Bonchev–Trinajstić information content (AvgIpc) is 2.15. The molecule has 0 N–H and O–H groups in total. The maximum atomic E-state index is 12.2. The molecule has 1 aliphatic heterocycles. The standard InChI is InChI=1S/C11H21IN3O2/c1-7(2)13-6-14(9(5)12)11(17)15(8(3)4)10(13)16/h7-9,12H,6H2,1-5H3/q+1. The number of halogens is 1. The highest BCUT2D eigenvalue weighted by Crippen LogP contribution is 2.18. The van der Waals surface area contributed by atoms with Crippen molar-refractivity contribution in [1.29, 1.82) is 0 Å². The highest BCUT2D eigenvalue weighted by molar-refractivity contribution is 5.96. The van der Waals surface area contributed by atoms with E-state index in [1.165, 1.54) is 4.90 Å². The molecule has 1 atom stereocenters. The van der Waals surface area contributed by atoms with Gasteiger partial charge >= 0.3 is 12.1 Å². The minimum Gasteiger partial charge on any atom is -0.304 e. The van der Waals surface area contributed by atoms with Crippen LogP contribution in [0.1, 0.15) is 34.6 Å². The lowest BCUT2D eigenvalue weighted by Crippen LogP contribution is -3.40. The first kappa shape index (κ1) is 14.5. The summed E-state index contributed by atoms with van der Waals surface area (Å²) in [6.07, 6.45) is 0. The fourth-order valence-corrected chi connectivity index (χ4v) is 2.19. The van der Waals surface area contributed by atoms with Crippen molar-refractivity contribution in [3.8, 4) is 0 Å². The Labute approximate surface area is 116 Å². The second-order valence-corrected chi connectivity index (χ2v) is 6.75. The van der Waals surface area contributed by atoms with Crippen molar-refractivity contribution in [3.05, 3.63) is 0 Å². The van der Waals surface area contributed by atoms with E-state index in [4.69, 9.17) is 0 Å². The number of nitrogens with zero attached hydrogens (tertiary/aromatic N) is 3. The van der Waals surface area contributed by atoms with Crippen LogP contribution in [0.2, 0.25) is 0 Å². The Bertz CT molecular complexity index is 292. The number of carbonyl (C=O) groups is 2. The molecule has 0 aromatic heterocycles. The van der Waals surface area contributed by atoms with E-state index in [-0.39, 0.29) is 28.2 Å². The monoisotopic (exact) mass is 354 g/mol. The van der Waals surface area contributed by atoms with Crippen molar-refractivity contribution >= 4 is 12.1 Å². The maximum Gasteiger partial charge on any atom is 0.333 e. The van der Waals surface area contributed by atoms with Gasteiger partial charge in [-0.15, -0.1) is 0 Å². The van der Waals surface area contributed by atoms with Crippen molar-refractivity contribution in [2.45, 2.75) is 50.8 Å². The molecule has 98 valence electrons. The van der Waals surface area contributed by atoms with E-state index in [0.29, 0.717) is 6.67 Å². The summed E-state index contributed by atoms with van der Waals surface area (Å²) in [5, 5.41) is 0. The van der Waals surface area contributed by atoms with E-state index < -0.39 is 0 Å². The smallest absolute Gasteiger partial charge is 0.304 e. The van der Waals surface area contributed by atoms with Crippen LogP contribution >= 0.6 is 0 Å². The summed E-state index contributed by atoms with van der Waals surface area (Å²) in [7, 11) is 0. The third-order valence-electron chi connectivity index (χ3n) is 2.79. The van der Waals surface area contributed by atoms with Crippen LogP contribution < -0.4 is 22.6 Å². The van der Waals surface area contributed by atoms with Gasteiger partial charge in [-0.05, 0) is 27.7 Å². The van der Waals surface area contributed by atoms with E-state index in [9.17, 15) is 9.59 Å². The molecule has 0 aliphatic carbocycles. The Hall–Kier alpha value is -0.530. The topological polar surface area (TPSA) is 43.9 Å². The molecule has 1 heterocycles. The number of urea groups is 2. The van der Waals surface area contributed by atoms with E-state index in [1.807, 2.05) is 57.2 Å². The zero-order valence-corrected chi connectivity index (χ0v) is 13.3. The highest BCUT2D eigenvalue weighted by Gasteiger charge is 2.42. The van der Waals surface area contributed by atoms with Gasteiger partial charge in [-0.2, -0.15) is 0 Å². The lowest BCUT2D eigenvalue weighted by atomic mass is 10.2. The highest BCUT2D eigenvalue weighted by atomic mass is 127. The van der Waals surface area contributed by atoms with Crippen LogP contribution in [0.25, 0.3) is 0 Å². The van der Waals surface area contributed by atoms with Gasteiger partial charge < -0.3 is 4.90 Å². The Morgan fingerprint density at radius 1 is 0.941 bits per heavy atom. The zero-order chi connectivity index (χ0) is 13.3. The van der Waals surface area contributed by atoms with Gasteiger partial charge in [-0.3, -0.25) is 4.90 Å². The summed E-state index contributed by atoms with van der Waals surface area (Å²) in [6.45, 7) is 10.0. The number of alkyl halides is 1. The molecule has 6 heteroatoms. The second-order valence-electron chi connectivity index (χ2n) is 4.80. The molecule has 4 amide bonds. The quantitative estimate of drug-likeness (QED) is 0.354. The van der Waals surface area contributed by atoms with E-state index in [1.54, 1.807) is 9.80 Å². The van der Waals surface area contributed by atoms with Gasteiger partial charge in [-0.25, -0.2) is 14.5 Å². The third kappa shape index (κ3) is 2.83. The summed E-state index contributed by atoms with van der Waals surface area (Å²) >= 11 is 1.89. The summed E-state index contributed by atoms with van der Waals surface area (Å²) in [5.74, 6) is 0. The van der Waals surface area contributed by atoms with Gasteiger partial charge in [0.2, 0.25) is 4.05 Å². The fraction of sp³-hybridized carbons (Fsp3) is 0.818. The zero-order valence-electron chi connectivity index (χ0n) is 11.0. The van der Waals surface area contributed by atoms with Gasteiger partial charge in [0, 0.05) is 19.0 Å². The molecule has 0 aromatic rings. The summed E-state index contributed by atoms with van der Waals surface area (Å²) in [5.41, 5.74) is 0. The van der Waals surface area contributed by atoms with E-state index in [0.717, 1.165) is 0 Å². The predicted molar refractivity (Wildman–Crippen MR) is 62.3 cm³/mol. The van der Waals surface area contributed by atoms with Crippen molar-refractivity contribution in [1.82, 2.24) is 14.7 Å². The fourth-order valence-electron chi connectivity index (χ4n) is 1.74. The SMILES string of the molecule is CC(C)N1CN(C(C)[IH+])C(=O)N(C(C)C)C1=O. The second kappa shape index (κ2) is 5.41. The van der Waals surface area contributed by atoms with Crippen molar-refractivity contribution in [3.63, 3.8) is 0 Å². The minimum atomic E-state index is -0.182. The van der Waals surface area contributed by atoms with Crippen molar-refractivity contribution in [2.75, 3.05) is 6.67 Å². The van der Waals surface area contributed by atoms with Gasteiger partial charge in [0.15, 0.2) is 0 Å². The average molecular weight is 354 g/mol. The molecule has 1 unspecified atom stereocenters. The molecular formula is C11H21IN3O2+. The Balaban J connectivity index is 3.04. The molecule has 0 bridgehead atoms. The first-order valence-corrected chi connectivity index (χ1v) is 7.18. The molecule has 1 saturated heterocycles. The largest absolute Gasteiger partial charge is 0.333 e. The minimum absolute atomic E-state index is 0.0966. The van der Waals surface area contributed by atoms with E-state index >= 15 is 0 Å². The molecule has 1 rings (SSSR count). The van der Waals surface area contributed by atoms with Crippen LogP contribution in [0.15, 0.2) is 0 Å². The summed E-state index contributed by atoms with van der Waals surface area (Å²) < 4.78 is 0.105. The van der Waals surface area contributed by atoms with Crippen LogP contribution in [0, 0.1) is 0 Å². The molecule has 0 aromatic carbocycles. The van der Waals surface area contributed by atoms with E-state index in [2.05, 4.69) is 0 Å². The number of carbonyl (C=O) groups excluding carboxylic acids is 2. The number of hydrogen-bond donors (Lipinski definition) is 0. The predicted octanol–water partition coefficient (Wildman–Crippen LogP) is -1.45. The van der Waals surface area contributed by atoms with Gasteiger partial charge in [0.05, 0.1) is 0 Å². The third-order valence-corrected chi connectivity index (χ3v) is 3.51. The normalized spacial score (nSPS) is 19.6. The Morgan fingerprint density at radius 2 is 1.41 bits per heavy atom. The van der Waals surface area contributed by atoms with Crippen LogP contribution in [0.3, 0.4) is 0 Å². The van der Waals surface area contributed by atoms with Crippen LogP contribution in [0.5, 0.6) is 0 Å². The molecule has 17 heavy (non-hydrogen) atoms. The summed E-state index contributed by atoms with van der Waals surface area (Å²) in [6, 6.07) is -0.379. The van der Waals surface area contributed by atoms with Gasteiger partial charge in [0.25, 0.3) is 22.6 Å². The Morgan fingerprint density at radius 3 is 1.76 bits per heavy atom. The molecular weight excluding hydrogens is 333 g/mol. The first-order valence-electron chi connectivity index (χ1n) is 5.83. The number of hydrogen-bond acceptors (Lipinski definition) is 2. The molecule has 5 nitrogen and oxygen atoms in total.